The van der Waals surface area contributed by atoms with Gasteiger partial charge in [-0.1, -0.05) is 30.3 Å². The molecule has 0 aliphatic carbocycles. The van der Waals surface area contributed by atoms with E-state index < -0.39 is 5.60 Å². The van der Waals surface area contributed by atoms with E-state index in [1.54, 1.807) is 0 Å². The van der Waals surface area contributed by atoms with E-state index in [1.807, 2.05) is 45.9 Å². The first-order chi connectivity index (χ1) is 8.78. The van der Waals surface area contributed by atoms with Crippen molar-refractivity contribution < 1.29 is 9.53 Å². The van der Waals surface area contributed by atoms with E-state index in [-0.39, 0.29) is 18.1 Å². The normalized spacial score (nSPS) is 14.8. The van der Waals surface area contributed by atoms with Gasteiger partial charge in [-0.15, -0.1) is 0 Å². The van der Waals surface area contributed by atoms with E-state index in [2.05, 4.69) is 24.4 Å². The molecule has 0 saturated heterocycles. The Balaban J connectivity index is 2.43. The summed E-state index contributed by atoms with van der Waals surface area (Å²) in [6.07, 6.45) is 0.383. The van der Waals surface area contributed by atoms with Crippen LogP contribution < -0.4 is 5.32 Å². The van der Waals surface area contributed by atoms with Gasteiger partial charge in [-0.2, -0.15) is 0 Å². The van der Waals surface area contributed by atoms with Crippen LogP contribution in [0.2, 0.25) is 0 Å². The van der Waals surface area contributed by atoms with Crippen molar-refractivity contribution in [3.8, 4) is 0 Å². The Morgan fingerprint density at radius 1 is 1.21 bits per heavy atom. The third-order valence-corrected chi connectivity index (χ3v) is 2.73. The van der Waals surface area contributed by atoms with E-state index in [0.29, 0.717) is 6.42 Å². The largest absolute Gasteiger partial charge is 0.460 e. The quantitative estimate of drug-likeness (QED) is 0.827. The molecule has 1 rings (SSSR count). The number of carbonyl (C=O) groups excluding carboxylic acids is 1. The average Bonchev–Trinajstić information content (AvgIpc) is 2.27. The lowest BCUT2D eigenvalue weighted by atomic mass is 10.1. The predicted octanol–water partition coefficient (Wildman–Crippen LogP) is 3.46. The topological polar surface area (TPSA) is 38.3 Å². The fourth-order valence-corrected chi connectivity index (χ4v) is 1.96. The second-order valence-corrected chi connectivity index (χ2v) is 5.99. The van der Waals surface area contributed by atoms with Gasteiger partial charge in [0, 0.05) is 12.1 Å². The average molecular weight is 263 g/mol. The Morgan fingerprint density at radius 3 is 2.32 bits per heavy atom. The second-order valence-electron chi connectivity index (χ2n) is 5.99. The molecule has 1 N–H and O–H groups in total. The van der Waals surface area contributed by atoms with Gasteiger partial charge in [0.2, 0.25) is 0 Å². The summed E-state index contributed by atoms with van der Waals surface area (Å²) >= 11 is 0. The number of ether oxygens (including phenoxy) is 1. The summed E-state index contributed by atoms with van der Waals surface area (Å²) in [5.74, 6) is -0.159. The molecular formula is C16H25NO2. The summed E-state index contributed by atoms with van der Waals surface area (Å²) in [6, 6.07) is 10.5. The van der Waals surface area contributed by atoms with Crippen molar-refractivity contribution in [1.82, 2.24) is 5.32 Å². The molecule has 0 radical (unpaired) electrons. The Labute approximate surface area is 116 Å². The van der Waals surface area contributed by atoms with Gasteiger partial charge in [-0.05, 0) is 40.2 Å². The van der Waals surface area contributed by atoms with E-state index in [4.69, 9.17) is 4.74 Å². The standard InChI is InChI=1S/C16H25NO2/c1-12(11-15(18)19-16(3,4)5)17-13(2)14-9-7-6-8-10-14/h6-10,12-13,17H,11H2,1-5H3/t12-,13+/m1/s1. The molecule has 19 heavy (non-hydrogen) atoms. The Morgan fingerprint density at radius 2 is 1.79 bits per heavy atom. The van der Waals surface area contributed by atoms with Crippen LogP contribution in [0.25, 0.3) is 0 Å². The monoisotopic (exact) mass is 263 g/mol. The van der Waals surface area contributed by atoms with Crippen LogP contribution in [0.3, 0.4) is 0 Å². The molecule has 0 spiro atoms. The summed E-state index contributed by atoms with van der Waals surface area (Å²) < 4.78 is 5.32. The summed E-state index contributed by atoms with van der Waals surface area (Å²) in [4.78, 5) is 11.7. The molecule has 3 heteroatoms. The lowest BCUT2D eigenvalue weighted by Gasteiger charge is -2.23. The fraction of sp³-hybridized carbons (Fsp3) is 0.562. The second kappa shape index (κ2) is 6.71. The summed E-state index contributed by atoms with van der Waals surface area (Å²) in [7, 11) is 0. The number of hydrogen-bond donors (Lipinski definition) is 1. The summed E-state index contributed by atoms with van der Waals surface area (Å²) in [5.41, 5.74) is 0.806. The van der Waals surface area contributed by atoms with Crippen molar-refractivity contribution in [2.45, 2.75) is 58.7 Å². The summed E-state index contributed by atoms with van der Waals surface area (Å²) in [6.45, 7) is 9.76. The van der Waals surface area contributed by atoms with Gasteiger partial charge in [0.25, 0.3) is 0 Å². The van der Waals surface area contributed by atoms with Crippen molar-refractivity contribution in [2.75, 3.05) is 0 Å². The van der Waals surface area contributed by atoms with Crippen LogP contribution in [0.4, 0.5) is 0 Å². The van der Waals surface area contributed by atoms with Crippen molar-refractivity contribution >= 4 is 5.97 Å². The fourth-order valence-electron chi connectivity index (χ4n) is 1.96. The van der Waals surface area contributed by atoms with E-state index in [1.165, 1.54) is 5.56 Å². The lowest BCUT2D eigenvalue weighted by molar-refractivity contribution is -0.155. The smallest absolute Gasteiger partial charge is 0.307 e. The number of esters is 1. The molecule has 3 nitrogen and oxygen atoms in total. The highest BCUT2D eigenvalue weighted by molar-refractivity contribution is 5.70. The third-order valence-electron chi connectivity index (χ3n) is 2.73. The molecule has 1 aromatic rings. The minimum Gasteiger partial charge on any atom is -0.460 e. The molecule has 2 atom stereocenters. The van der Waals surface area contributed by atoms with Crippen molar-refractivity contribution in [2.24, 2.45) is 0 Å². The highest BCUT2D eigenvalue weighted by Crippen LogP contribution is 2.14. The molecule has 1 aromatic carbocycles. The highest BCUT2D eigenvalue weighted by Gasteiger charge is 2.19. The zero-order valence-corrected chi connectivity index (χ0v) is 12.6. The highest BCUT2D eigenvalue weighted by atomic mass is 16.6. The number of hydrogen-bond acceptors (Lipinski definition) is 3. The first kappa shape index (κ1) is 15.7. The maximum atomic E-state index is 11.7. The van der Waals surface area contributed by atoms with Crippen molar-refractivity contribution in [3.63, 3.8) is 0 Å². The van der Waals surface area contributed by atoms with Crippen LogP contribution in [0.5, 0.6) is 0 Å². The molecule has 0 bridgehead atoms. The number of nitrogens with one attached hydrogen (secondary N) is 1. The summed E-state index contributed by atoms with van der Waals surface area (Å²) in [5, 5.41) is 3.41. The first-order valence-corrected chi connectivity index (χ1v) is 6.81. The molecule has 0 aliphatic rings. The van der Waals surface area contributed by atoms with Crippen LogP contribution in [-0.2, 0) is 9.53 Å². The maximum absolute atomic E-state index is 11.7. The predicted molar refractivity (Wildman–Crippen MR) is 77.9 cm³/mol. The van der Waals surface area contributed by atoms with Crippen molar-refractivity contribution in [3.05, 3.63) is 35.9 Å². The molecule has 0 heterocycles. The van der Waals surface area contributed by atoms with Gasteiger partial charge >= 0.3 is 5.97 Å². The molecule has 0 saturated carbocycles. The van der Waals surface area contributed by atoms with E-state index >= 15 is 0 Å². The zero-order chi connectivity index (χ0) is 14.5. The van der Waals surface area contributed by atoms with Gasteiger partial charge in [-0.25, -0.2) is 0 Å². The third kappa shape index (κ3) is 6.39. The molecule has 106 valence electrons. The SMILES string of the molecule is C[C@H](CC(=O)OC(C)(C)C)N[C@@H](C)c1ccccc1. The Kier molecular flexibility index (Phi) is 5.55. The van der Waals surface area contributed by atoms with Crippen LogP contribution in [0.1, 0.15) is 52.6 Å². The van der Waals surface area contributed by atoms with E-state index in [9.17, 15) is 4.79 Å². The van der Waals surface area contributed by atoms with Crippen LogP contribution in [0.15, 0.2) is 30.3 Å². The zero-order valence-electron chi connectivity index (χ0n) is 12.6. The first-order valence-electron chi connectivity index (χ1n) is 6.81. The number of rotatable bonds is 5. The van der Waals surface area contributed by atoms with Gasteiger partial charge in [0.15, 0.2) is 0 Å². The molecule has 0 unspecified atom stereocenters. The molecular weight excluding hydrogens is 238 g/mol. The van der Waals surface area contributed by atoms with Gasteiger partial charge in [0.1, 0.15) is 5.60 Å². The minimum absolute atomic E-state index is 0.0880. The van der Waals surface area contributed by atoms with Gasteiger partial charge < -0.3 is 10.1 Å². The Hall–Kier alpha value is -1.35. The molecule has 0 amide bonds. The molecule has 0 aromatic heterocycles. The lowest BCUT2D eigenvalue weighted by Crippen LogP contribution is -2.33. The molecule has 0 aliphatic heterocycles. The van der Waals surface area contributed by atoms with Gasteiger partial charge in [0.05, 0.1) is 6.42 Å². The maximum Gasteiger partial charge on any atom is 0.307 e. The molecule has 0 fully saturated rings. The van der Waals surface area contributed by atoms with Gasteiger partial charge in [-0.3, -0.25) is 4.79 Å². The van der Waals surface area contributed by atoms with Crippen LogP contribution >= 0.6 is 0 Å². The van der Waals surface area contributed by atoms with Crippen LogP contribution in [-0.4, -0.2) is 17.6 Å². The number of carbonyl (C=O) groups is 1. The van der Waals surface area contributed by atoms with E-state index in [0.717, 1.165) is 0 Å². The van der Waals surface area contributed by atoms with Crippen molar-refractivity contribution in [1.29, 1.82) is 0 Å². The Bertz CT molecular complexity index is 395. The number of benzene rings is 1. The minimum atomic E-state index is -0.415. The van der Waals surface area contributed by atoms with Crippen LogP contribution in [0, 0.1) is 0 Å².